The summed E-state index contributed by atoms with van der Waals surface area (Å²) >= 11 is 0. The summed E-state index contributed by atoms with van der Waals surface area (Å²) in [6, 6.07) is 0. The average Bonchev–Trinajstić information content (AvgIpc) is 1.62. The van der Waals surface area contributed by atoms with Gasteiger partial charge in [0.05, 0.1) is 0 Å². The summed E-state index contributed by atoms with van der Waals surface area (Å²) in [7, 11) is -2.90. The molecule has 0 bridgehead atoms. The van der Waals surface area contributed by atoms with Gasteiger partial charge in [-0.25, -0.2) is 0 Å². The van der Waals surface area contributed by atoms with Crippen LogP contribution in [0.5, 0.6) is 0 Å². The van der Waals surface area contributed by atoms with Gasteiger partial charge in [-0.1, -0.05) is 0 Å². The normalized spacial score (nSPS) is 16.0. The largest absolute Gasteiger partial charge is 0.369 e. The molecule has 1 atom stereocenters. The lowest BCUT2D eigenvalue weighted by molar-refractivity contribution is 0.166. The maximum atomic E-state index is 10.1. The van der Waals surface area contributed by atoms with Gasteiger partial charge in [0.1, 0.15) is 0 Å². The van der Waals surface area contributed by atoms with Gasteiger partial charge in [-0.3, -0.25) is 4.57 Å². The quantitative estimate of drug-likeness (QED) is 0.527. The zero-order valence-electron chi connectivity index (χ0n) is 4.44. The molecular formula is C3H8O4P. The molecule has 4 nitrogen and oxygen atoms in total. The molecule has 0 fully saturated rings. The van der Waals surface area contributed by atoms with Gasteiger partial charge in [0.2, 0.25) is 0 Å². The number of hydrogen-bond acceptors (Lipinski definition) is 2. The van der Waals surface area contributed by atoms with Crippen molar-refractivity contribution in [1.82, 2.24) is 0 Å². The van der Waals surface area contributed by atoms with Crippen LogP contribution in [0, 0.1) is 6.92 Å². The molecule has 0 heterocycles. The Hall–Kier alpha value is 0.110. The molecule has 0 saturated carbocycles. The van der Waals surface area contributed by atoms with Crippen LogP contribution in [0.1, 0.15) is 0 Å². The van der Waals surface area contributed by atoms with Crippen molar-refractivity contribution in [1.29, 1.82) is 0 Å². The van der Waals surface area contributed by atoms with E-state index in [0.717, 1.165) is 0 Å². The van der Waals surface area contributed by atoms with E-state index < -0.39 is 13.4 Å². The molecule has 49 valence electrons. The first-order chi connectivity index (χ1) is 3.48. The highest BCUT2D eigenvalue weighted by atomic mass is 31.2. The second kappa shape index (κ2) is 2.60. The Morgan fingerprint density at radius 2 is 2.12 bits per heavy atom. The molecule has 0 amide bonds. The van der Waals surface area contributed by atoms with Crippen LogP contribution in [0.2, 0.25) is 0 Å². The van der Waals surface area contributed by atoms with E-state index in [0.29, 0.717) is 0 Å². The van der Waals surface area contributed by atoms with Crippen molar-refractivity contribution in [3.63, 3.8) is 0 Å². The Balaban J connectivity index is 3.82. The molecule has 0 aliphatic rings. The van der Waals surface area contributed by atoms with Gasteiger partial charge in [-0.15, -0.1) is 0 Å². The second-order valence-electron chi connectivity index (χ2n) is 1.28. The molecule has 8 heavy (non-hydrogen) atoms. The maximum Gasteiger partial charge on any atom is 0.354 e. The molecular weight excluding hydrogens is 131 g/mol. The molecule has 1 radical (unpaired) electrons. The molecule has 0 rings (SSSR count). The lowest BCUT2D eigenvalue weighted by Gasteiger charge is -2.09. The summed E-state index contributed by atoms with van der Waals surface area (Å²) in [5.41, 5.74) is 0. The second-order valence-corrected chi connectivity index (χ2v) is 3.03. The summed E-state index contributed by atoms with van der Waals surface area (Å²) in [5.74, 6) is -1.23. The van der Waals surface area contributed by atoms with Gasteiger partial charge >= 0.3 is 7.60 Å². The van der Waals surface area contributed by atoms with E-state index >= 15 is 0 Å². The van der Waals surface area contributed by atoms with Crippen molar-refractivity contribution in [2.24, 2.45) is 0 Å². The third kappa shape index (κ3) is 2.43. The number of ether oxygens (including phenoxy) is 1. The Kier molecular flexibility index (Phi) is 2.63. The predicted octanol–water partition coefficient (Wildman–Crippen LogP) is -0.0293. The first-order valence-corrected chi connectivity index (χ1v) is 3.57. The minimum Gasteiger partial charge on any atom is -0.369 e. The van der Waals surface area contributed by atoms with E-state index in [1.807, 2.05) is 0 Å². The van der Waals surface area contributed by atoms with Crippen molar-refractivity contribution in [2.75, 3.05) is 7.11 Å². The molecule has 0 aromatic rings. The molecule has 1 unspecified atom stereocenters. The fraction of sp³-hybridized carbons (Fsp3) is 0.667. The number of hydrogen-bond donors (Lipinski definition) is 2. The fourth-order valence-corrected chi connectivity index (χ4v) is 0.412. The molecule has 0 aromatic carbocycles. The third-order valence-corrected chi connectivity index (χ3v) is 1.61. The van der Waals surface area contributed by atoms with Gasteiger partial charge in [0, 0.05) is 7.11 Å². The zero-order chi connectivity index (χ0) is 6.78. The molecule has 0 aliphatic heterocycles. The standard InChI is InChI=1S/C3H8O4P/c1-3(7-2)8(4,5)6/h3H,1H2,2H3,(H2,4,5,6). The summed E-state index contributed by atoms with van der Waals surface area (Å²) in [6.45, 7) is 3.04. The van der Waals surface area contributed by atoms with Crippen LogP contribution < -0.4 is 0 Å². The van der Waals surface area contributed by atoms with E-state index in [9.17, 15) is 4.57 Å². The molecule has 0 aromatic heterocycles. The Morgan fingerprint density at radius 3 is 2.12 bits per heavy atom. The molecule has 2 N–H and O–H groups in total. The van der Waals surface area contributed by atoms with Crippen LogP contribution in [-0.2, 0) is 9.30 Å². The summed E-state index contributed by atoms with van der Waals surface area (Å²) in [6.07, 6.45) is 0. The van der Waals surface area contributed by atoms with E-state index in [-0.39, 0.29) is 0 Å². The van der Waals surface area contributed by atoms with Crippen molar-refractivity contribution < 1.29 is 19.1 Å². The van der Waals surface area contributed by atoms with Crippen LogP contribution in [-0.4, -0.2) is 22.7 Å². The molecule has 0 aliphatic carbocycles. The minimum absolute atomic E-state index is 1.19. The Morgan fingerprint density at radius 1 is 1.75 bits per heavy atom. The smallest absolute Gasteiger partial charge is 0.354 e. The van der Waals surface area contributed by atoms with Gasteiger partial charge in [-0.2, -0.15) is 0 Å². The van der Waals surface area contributed by atoms with Crippen LogP contribution in [0.4, 0.5) is 0 Å². The van der Waals surface area contributed by atoms with Crippen molar-refractivity contribution in [3.05, 3.63) is 6.92 Å². The number of rotatable bonds is 2. The average molecular weight is 139 g/mol. The predicted molar refractivity (Wildman–Crippen MR) is 28.2 cm³/mol. The highest BCUT2D eigenvalue weighted by Gasteiger charge is 2.22. The molecule has 5 heteroatoms. The van der Waals surface area contributed by atoms with Crippen LogP contribution >= 0.6 is 7.60 Å². The third-order valence-electron chi connectivity index (χ3n) is 0.647. The first-order valence-electron chi connectivity index (χ1n) is 1.89. The monoisotopic (exact) mass is 139 g/mol. The van der Waals surface area contributed by atoms with E-state index in [2.05, 4.69) is 11.7 Å². The van der Waals surface area contributed by atoms with Crippen LogP contribution in [0.25, 0.3) is 0 Å². The van der Waals surface area contributed by atoms with E-state index in [1.54, 1.807) is 0 Å². The minimum atomic E-state index is -4.09. The fourth-order valence-electron chi connectivity index (χ4n) is 0.137. The zero-order valence-corrected chi connectivity index (χ0v) is 5.34. The highest BCUT2D eigenvalue weighted by molar-refractivity contribution is 7.52. The van der Waals surface area contributed by atoms with Gasteiger partial charge in [0.15, 0.2) is 5.85 Å². The highest BCUT2D eigenvalue weighted by Crippen LogP contribution is 2.40. The van der Waals surface area contributed by atoms with Crippen molar-refractivity contribution in [2.45, 2.75) is 5.85 Å². The Bertz CT molecular complexity index is 106. The van der Waals surface area contributed by atoms with Gasteiger partial charge in [-0.05, 0) is 6.92 Å². The van der Waals surface area contributed by atoms with Crippen LogP contribution in [0.3, 0.4) is 0 Å². The summed E-state index contributed by atoms with van der Waals surface area (Å²) < 4.78 is 14.3. The summed E-state index contributed by atoms with van der Waals surface area (Å²) in [4.78, 5) is 16.4. The molecule has 0 saturated heterocycles. The lowest BCUT2D eigenvalue weighted by atomic mass is 10.9. The summed E-state index contributed by atoms with van der Waals surface area (Å²) in [5, 5.41) is 0. The van der Waals surface area contributed by atoms with E-state index in [4.69, 9.17) is 9.79 Å². The van der Waals surface area contributed by atoms with Crippen LogP contribution in [0.15, 0.2) is 0 Å². The Labute approximate surface area is 47.6 Å². The SMILES string of the molecule is [CH2]C(OC)P(=O)(O)O. The van der Waals surface area contributed by atoms with Crippen molar-refractivity contribution >= 4 is 7.60 Å². The maximum absolute atomic E-state index is 10.1. The van der Waals surface area contributed by atoms with Crippen molar-refractivity contribution in [3.8, 4) is 0 Å². The van der Waals surface area contributed by atoms with Gasteiger partial charge < -0.3 is 14.5 Å². The van der Waals surface area contributed by atoms with E-state index in [1.165, 1.54) is 7.11 Å². The van der Waals surface area contributed by atoms with Gasteiger partial charge in [0.25, 0.3) is 0 Å². The topological polar surface area (TPSA) is 66.8 Å². The molecule has 0 spiro atoms. The first kappa shape index (κ1) is 8.11. The number of methoxy groups -OCH3 is 1. The lowest BCUT2D eigenvalue weighted by Crippen LogP contribution is -2.04.